The van der Waals surface area contributed by atoms with Gasteiger partial charge in [0.15, 0.2) is 0 Å². The molecule has 2 fully saturated rings. The zero-order valence-electron chi connectivity index (χ0n) is 13.6. The molecule has 1 aliphatic carbocycles. The van der Waals surface area contributed by atoms with Gasteiger partial charge in [-0.25, -0.2) is 0 Å². The Kier molecular flexibility index (Phi) is 7.45. The summed E-state index contributed by atoms with van der Waals surface area (Å²) in [6, 6.07) is 0.302. The predicted molar refractivity (Wildman–Crippen MR) is 87.8 cm³/mol. The summed E-state index contributed by atoms with van der Waals surface area (Å²) < 4.78 is 5.87. The van der Waals surface area contributed by atoms with Crippen LogP contribution >= 0.6 is 12.4 Å². The zero-order valence-corrected chi connectivity index (χ0v) is 14.4. The van der Waals surface area contributed by atoms with Crippen molar-refractivity contribution in [1.29, 1.82) is 0 Å². The first-order chi connectivity index (χ1) is 9.67. The van der Waals surface area contributed by atoms with Gasteiger partial charge in [0.2, 0.25) is 5.91 Å². The molecule has 1 aliphatic heterocycles. The minimum atomic E-state index is 0. The summed E-state index contributed by atoms with van der Waals surface area (Å²) in [6.07, 6.45) is 5.39. The van der Waals surface area contributed by atoms with Gasteiger partial charge in [0, 0.05) is 24.0 Å². The van der Waals surface area contributed by atoms with Gasteiger partial charge >= 0.3 is 0 Å². The molecule has 1 amide bonds. The minimum absolute atomic E-state index is 0. The number of rotatable bonds is 6. The van der Waals surface area contributed by atoms with Crippen molar-refractivity contribution in [2.75, 3.05) is 19.7 Å². The second-order valence-electron chi connectivity index (χ2n) is 6.21. The second kappa shape index (κ2) is 8.35. The van der Waals surface area contributed by atoms with Crippen LogP contribution in [0.1, 0.15) is 52.9 Å². The number of piperidine rings is 1. The van der Waals surface area contributed by atoms with Gasteiger partial charge in [0.1, 0.15) is 0 Å². The maximum absolute atomic E-state index is 12.4. The third-order valence-corrected chi connectivity index (χ3v) is 5.50. The van der Waals surface area contributed by atoms with E-state index in [9.17, 15) is 4.79 Å². The molecule has 0 bridgehead atoms. The number of hydrogen-bond donors (Lipinski definition) is 2. The van der Waals surface area contributed by atoms with Gasteiger partial charge in [-0.3, -0.25) is 4.79 Å². The van der Waals surface area contributed by atoms with E-state index in [1.165, 1.54) is 0 Å². The SMILES string of the molecule is CCOC1CC(NC(=O)C2CCNCC2)C1(CC)CC.Cl. The number of carbonyl (C=O) groups is 1. The van der Waals surface area contributed by atoms with Crippen molar-refractivity contribution < 1.29 is 9.53 Å². The van der Waals surface area contributed by atoms with Crippen LogP contribution in [0.25, 0.3) is 0 Å². The van der Waals surface area contributed by atoms with Crippen LogP contribution in [0.3, 0.4) is 0 Å². The van der Waals surface area contributed by atoms with E-state index in [-0.39, 0.29) is 29.6 Å². The fourth-order valence-corrected chi connectivity index (χ4v) is 3.96. The van der Waals surface area contributed by atoms with Gasteiger partial charge in [0.05, 0.1) is 6.10 Å². The first-order valence-electron chi connectivity index (χ1n) is 8.30. The first kappa shape index (κ1) is 18.7. The molecule has 2 unspecified atom stereocenters. The second-order valence-corrected chi connectivity index (χ2v) is 6.21. The summed E-state index contributed by atoms with van der Waals surface area (Å²) >= 11 is 0. The smallest absolute Gasteiger partial charge is 0.223 e. The molecule has 2 N–H and O–H groups in total. The maximum atomic E-state index is 12.4. The van der Waals surface area contributed by atoms with Crippen molar-refractivity contribution in [2.45, 2.75) is 65.0 Å². The highest BCUT2D eigenvalue weighted by molar-refractivity contribution is 5.85. The quantitative estimate of drug-likeness (QED) is 0.791. The summed E-state index contributed by atoms with van der Waals surface area (Å²) in [5, 5.41) is 6.63. The van der Waals surface area contributed by atoms with Gasteiger partial charge in [0.25, 0.3) is 0 Å². The Morgan fingerprint density at radius 2 is 1.86 bits per heavy atom. The molecule has 0 aromatic carbocycles. The number of carbonyl (C=O) groups excluding carboxylic acids is 1. The van der Waals surface area contributed by atoms with Gasteiger partial charge in [-0.1, -0.05) is 13.8 Å². The molecule has 1 saturated heterocycles. The third kappa shape index (κ3) is 3.72. The molecule has 2 atom stereocenters. The number of ether oxygens (including phenoxy) is 1. The lowest BCUT2D eigenvalue weighted by molar-refractivity contribution is -0.151. The van der Waals surface area contributed by atoms with Crippen LogP contribution in [0, 0.1) is 11.3 Å². The molecular formula is C16H31ClN2O2. The summed E-state index contributed by atoms with van der Waals surface area (Å²) in [6.45, 7) is 9.20. The fourth-order valence-electron chi connectivity index (χ4n) is 3.96. The molecule has 5 heteroatoms. The van der Waals surface area contributed by atoms with Crippen molar-refractivity contribution in [1.82, 2.24) is 10.6 Å². The standard InChI is InChI=1S/C16H30N2O2.ClH/c1-4-16(5-2)13(11-14(16)20-6-3)18-15(19)12-7-9-17-10-8-12;/h12-14,17H,4-11H2,1-3H3,(H,18,19);1H. The Morgan fingerprint density at radius 3 is 2.38 bits per heavy atom. The van der Waals surface area contributed by atoms with Gasteiger partial charge in [-0.15, -0.1) is 12.4 Å². The Hall–Kier alpha value is -0.320. The summed E-state index contributed by atoms with van der Waals surface area (Å²) in [7, 11) is 0. The Bertz CT molecular complexity index is 328. The van der Waals surface area contributed by atoms with Crippen LogP contribution in [0.4, 0.5) is 0 Å². The van der Waals surface area contributed by atoms with Crippen LogP contribution in [0.2, 0.25) is 0 Å². The molecule has 0 aromatic rings. The van der Waals surface area contributed by atoms with E-state index in [4.69, 9.17) is 4.74 Å². The average Bonchev–Trinajstić information content (AvgIpc) is 2.48. The Balaban J connectivity index is 0.00000220. The maximum Gasteiger partial charge on any atom is 0.223 e. The lowest BCUT2D eigenvalue weighted by Crippen LogP contribution is -2.65. The van der Waals surface area contributed by atoms with Crippen LogP contribution in [-0.2, 0) is 9.53 Å². The molecule has 1 saturated carbocycles. The summed E-state index contributed by atoms with van der Waals surface area (Å²) in [4.78, 5) is 12.4. The highest BCUT2D eigenvalue weighted by Gasteiger charge is 2.54. The summed E-state index contributed by atoms with van der Waals surface area (Å²) in [5.74, 6) is 0.464. The van der Waals surface area contributed by atoms with Gasteiger partial charge < -0.3 is 15.4 Å². The highest BCUT2D eigenvalue weighted by Crippen LogP contribution is 2.49. The number of amides is 1. The predicted octanol–water partition coefficient (Wildman–Crippen LogP) is 2.51. The lowest BCUT2D eigenvalue weighted by Gasteiger charge is -2.55. The minimum Gasteiger partial charge on any atom is -0.378 e. The first-order valence-corrected chi connectivity index (χ1v) is 8.30. The van der Waals surface area contributed by atoms with E-state index in [1.54, 1.807) is 0 Å². The number of hydrogen-bond acceptors (Lipinski definition) is 3. The van der Waals surface area contributed by atoms with Crippen molar-refractivity contribution in [2.24, 2.45) is 11.3 Å². The van der Waals surface area contributed by atoms with Crippen molar-refractivity contribution >= 4 is 18.3 Å². The zero-order chi connectivity index (χ0) is 14.6. The topological polar surface area (TPSA) is 50.4 Å². The third-order valence-electron chi connectivity index (χ3n) is 5.50. The van der Waals surface area contributed by atoms with Crippen LogP contribution in [-0.4, -0.2) is 37.7 Å². The van der Waals surface area contributed by atoms with Gasteiger partial charge in [-0.2, -0.15) is 0 Å². The van der Waals surface area contributed by atoms with E-state index >= 15 is 0 Å². The fraction of sp³-hybridized carbons (Fsp3) is 0.938. The average molecular weight is 319 g/mol. The normalized spacial score (nSPS) is 28.3. The van der Waals surface area contributed by atoms with E-state index in [0.29, 0.717) is 12.1 Å². The van der Waals surface area contributed by atoms with E-state index in [0.717, 1.165) is 51.8 Å². The molecule has 1 heterocycles. The van der Waals surface area contributed by atoms with Crippen LogP contribution < -0.4 is 10.6 Å². The van der Waals surface area contributed by atoms with Crippen LogP contribution in [0.5, 0.6) is 0 Å². The van der Waals surface area contributed by atoms with Gasteiger partial charge in [-0.05, 0) is 52.1 Å². The number of halogens is 1. The molecule has 0 aromatic heterocycles. The lowest BCUT2D eigenvalue weighted by atomic mass is 9.58. The highest BCUT2D eigenvalue weighted by atomic mass is 35.5. The largest absolute Gasteiger partial charge is 0.378 e. The summed E-state index contributed by atoms with van der Waals surface area (Å²) in [5.41, 5.74) is 0.151. The Morgan fingerprint density at radius 1 is 1.24 bits per heavy atom. The van der Waals surface area contributed by atoms with Crippen molar-refractivity contribution in [3.8, 4) is 0 Å². The monoisotopic (exact) mass is 318 g/mol. The molecule has 0 radical (unpaired) electrons. The molecule has 21 heavy (non-hydrogen) atoms. The molecule has 124 valence electrons. The molecule has 0 spiro atoms. The van der Waals surface area contributed by atoms with E-state index in [1.807, 2.05) is 0 Å². The van der Waals surface area contributed by atoms with Crippen molar-refractivity contribution in [3.05, 3.63) is 0 Å². The van der Waals surface area contributed by atoms with E-state index in [2.05, 4.69) is 31.4 Å². The Labute approximate surface area is 135 Å². The molecule has 2 aliphatic rings. The molecule has 4 nitrogen and oxygen atoms in total. The van der Waals surface area contributed by atoms with Crippen molar-refractivity contribution in [3.63, 3.8) is 0 Å². The molecular weight excluding hydrogens is 288 g/mol. The van der Waals surface area contributed by atoms with E-state index < -0.39 is 0 Å². The van der Waals surface area contributed by atoms with Crippen LogP contribution in [0.15, 0.2) is 0 Å². The molecule has 2 rings (SSSR count). The number of nitrogens with one attached hydrogen (secondary N) is 2.